The lowest BCUT2D eigenvalue weighted by atomic mass is 10.1. The van der Waals surface area contributed by atoms with Crippen molar-refractivity contribution < 1.29 is 9.32 Å². The number of aryl methyl sites for hydroxylation is 1. The van der Waals surface area contributed by atoms with Gasteiger partial charge in [-0.15, -0.1) is 0 Å². The van der Waals surface area contributed by atoms with Crippen molar-refractivity contribution in [1.29, 1.82) is 0 Å². The first-order valence-corrected chi connectivity index (χ1v) is 13.1. The van der Waals surface area contributed by atoms with Gasteiger partial charge >= 0.3 is 0 Å². The molecule has 5 heterocycles. The summed E-state index contributed by atoms with van der Waals surface area (Å²) >= 11 is 0. The maximum Gasteiger partial charge on any atom is 0.237 e. The van der Waals surface area contributed by atoms with Crippen LogP contribution in [0.5, 0.6) is 0 Å². The van der Waals surface area contributed by atoms with Crippen LogP contribution >= 0.6 is 0 Å². The van der Waals surface area contributed by atoms with Gasteiger partial charge in [0.2, 0.25) is 17.6 Å². The Kier molecular flexibility index (Phi) is 6.40. The molecule has 1 fully saturated rings. The van der Waals surface area contributed by atoms with Crippen LogP contribution in [0.4, 0.5) is 5.82 Å². The van der Waals surface area contributed by atoms with Gasteiger partial charge in [0.25, 0.3) is 0 Å². The fourth-order valence-corrected chi connectivity index (χ4v) is 5.47. The number of carbonyl (C=O) groups is 1. The number of hydrogen-bond donors (Lipinski definition) is 0. The maximum absolute atomic E-state index is 13.4. The molecule has 38 heavy (non-hydrogen) atoms. The summed E-state index contributed by atoms with van der Waals surface area (Å²) in [4.78, 5) is 28.9. The van der Waals surface area contributed by atoms with E-state index in [1.165, 1.54) is 0 Å². The Morgan fingerprint density at radius 2 is 1.87 bits per heavy atom. The normalized spacial score (nSPS) is 20.0. The smallest absolute Gasteiger partial charge is 0.237 e. The summed E-state index contributed by atoms with van der Waals surface area (Å²) in [5, 5.41) is 8.73. The van der Waals surface area contributed by atoms with Crippen molar-refractivity contribution in [2.45, 2.75) is 45.8 Å². The van der Waals surface area contributed by atoms with Crippen molar-refractivity contribution in [2.24, 2.45) is 0 Å². The van der Waals surface area contributed by atoms with E-state index in [1.54, 1.807) is 13.1 Å². The number of hydrogen-bond acceptors (Lipinski definition) is 8. The van der Waals surface area contributed by atoms with E-state index in [4.69, 9.17) is 9.62 Å². The lowest BCUT2D eigenvalue weighted by Gasteiger charge is -2.45. The molecule has 0 radical (unpaired) electrons. The summed E-state index contributed by atoms with van der Waals surface area (Å²) in [6.07, 6.45) is 4.63. The first-order valence-electron chi connectivity index (χ1n) is 13.1. The maximum atomic E-state index is 13.4. The number of nitrogens with zero attached hydrogens (tertiary/aromatic N) is 8. The van der Waals surface area contributed by atoms with E-state index in [9.17, 15) is 4.79 Å². The average molecular weight is 513 g/mol. The largest absolute Gasteiger partial charge is 0.354 e. The van der Waals surface area contributed by atoms with Gasteiger partial charge in [0.05, 0.1) is 17.9 Å². The summed E-state index contributed by atoms with van der Waals surface area (Å²) < 4.78 is 7.00. The van der Waals surface area contributed by atoms with Gasteiger partial charge in [-0.25, -0.2) is 9.67 Å². The number of pyridine rings is 1. The predicted molar refractivity (Wildman–Crippen MR) is 143 cm³/mol. The minimum Gasteiger partial charge on any atom is -0.354 e. The van der Waals surface area contributed by atoms with Crippen LogP contribution in [-0.2, 0) is 17.8 Å². The van der Waals surface area contributed by atoms with E-state index >= 15 is 0 Å². The van der Waals surface area contributed by atoms with Crippen molar-refractivity contribution in [1.82, 2.24) is 34.7 Å². The molecular weight excluding hydrogens is 480 g/mol. The Morgan fingerprint density at radius 3 is 2.55 bits per heavy atom. The van der Waals surface area contributed by atoms with Gasteiger partial charge in [-0.2, -0.15) is 10.1 Å². The molecule has 0 bridgehead atoms. The van der Waals surface area contributed by atoms with Gasteiger partial charge in [-0.3, -0.25) is 9.69 Å². The summed E-state index contributed by atoms with van der Waals surface area (Å²) in [7, 11) is 0. The molecule has 3 aromatic heterocycles. The van der Waals surface area contributed by atoms with Crippen LogP contribution in [0, 0.1) is 6.92 Å². The number of aromatic nitrogens is 5. The standard InChI is InChI=1S/C28H32N8O2/c1-19-14-34(26-10-9-22(13-29-26)28-30-21(3)38-32-28)15-20(2)35(19)18-27(37)33-12-11-25-23(16-33)17-36(31-25)24-7-5-4-6-8-24/h4-10,13,17,19-20H,11-12,14-16,18H2,1-3H3/t19-,20+. The summed E-state index contributed by atoms with van der Waals surface area (Å²) in [5.41, 5.74) is 4.08. The molecule has 10 heteroatoms. The number of para-hydroxylation sites is 1. The molecular formula is C28H32N8O2. The molecule has 2 aliphatic heterocycles. The number of amides is 1. The molecule has 10 nitrogen and oxygen atoms in total. The van der Waals surface area contributed by atoms with Crippen molar-refractivity contribution >= 4 is 11.7 Å². The van der Waals surface area contributed by atoms with E-state index in [0.717, 1.165) is 47.8 Å². The van der Waals surface area contributed by atoms with Crippen molar-refractivity contribution in [3.63, 3.8) is 0 Å². The van der Waals surface area contributed by atoms with Crippen LogP contribution in [0.2, 0.25) is 0 Å². The topological polar surface area (TPSA) is 96.4 Å². The highest BCUT2D eigenvalue weighted by molar-refractivity contribution is 5.78. The van der Waals surface area contributed by atoms with E-state index in [-0.39, 0.29) is 18.0 Å². The number of piperazine rings is 1. The number of anilines is 1. The monoisotopic (exact) mass is 512 g/mol. The molecule has 4 aromatic rings. The molecule has 6 rings (SSSR count). The quantitative estimate of drug-likeness (QED) is 0.403. The van der Waals surface area contributed by atoms with Crippen LogP contribution < -0.4 is 4.90 Å². The molecule has 0 N–H and O–H groups in total. The SMILES string of the molecule is Cc1nc(-c2ccc(N3C[C@@H](C)N(CC(=O)N4CCc5nn(-c6ccccc6)cc5C4)[C@@H](C)C3)nc2)no1. The molecule has 1 aromatic carbocycles. The van der Waals surface area contributed by atoms with Gasteiger partial charge in [0, 0.05) is 75.1 Å². The zero-order valence-corrected chi connectivity index (χ0v) is 22.0. The fourth-order valence-electron chi connectivity index (χ4n) is 5.47. The summed E-state index contributed by atoms with van der Waals surface area (Å²) in [6.45, 7) is 9.49. The number of benzene rings is 1. The Hall–Kier alpha value is -4.05. The predicted octanol–water partition coefficient (Wildman–Crippen LogP) is 3.11. The summed E-state index contributed by atoms with van der Waals surface area (Å²) in [5.74, 6) is 2.17. The van der Waals surface area contributed by atoms with Crippen LogP contribution in [-0.4, -0.2) is 78.9 Å². The number of fused-ring (bicyclic) bond motifs is 1. The number of carbonyl (C=O) groups excluding carboxylic acids is 1. The second kappa shape index (κ2) is 10.0. The Labute approximate surface area is 221 Å². The van der Waals surface area contributed by atoms with Crippen LogP contribution in [0.25, 0.3) is 17.1 Å². The number of rotatable bonds is 5. The van der Waals surface area contributed by atoms with Crippen LogP contribution in [0.15, 0.2) is 59.4 Å². The molecule has 1 amide bonds. The van der Waals surface area contributed by atoms with Crippen LogP contribution in [0.1, 0.15) is 31.0 Å². The van der Waals surface area contributed by atoms with Gasteiger partial charge < -0.3 is 14.3 Å². The van der Waals surface area contributed by atoms with Crippen molar-refractivity contribution in [3.05, 3.63) is 72.0 Å². The van der Waals surface area contributed by atoms with Gasteiger partial charge in [0.15, 0.2) is 0 Å². The average Bonchev–Trinajstić information content (AvgIpc) is 3.57. The molecule has 1 saturated heterocycles. The Bertz CT molecular complexity index is 1400. The molecule has 0 spiro atoms. The zero-order chi connectivity index (χ0) is 26.2. The molecule has 0 unspecified atom stereocenters. The fraction of sp³-hybridized carbons (Fsp3) is 0.393. The van der Waals surface area contributed by atoms with Crippen molar-refractivity contribution in [2.75, 3.05) is 31.1 Å². The van der Waals surface area contributed by atoms with Gasteiger partial charge in [0.1, 0.15) is 5.82 Å². The third kappa shape index (κ3) is 4.79. The van der Waals surface area contributed by atoms with E-state index in [0.29, 0.717) is 31.3 Å². The second-order valence-corrected chi connectivity index (χ2v) is 10.3. The molecule has 196 valence electrons. The highest BCUT2D eigenvalue weighted by atomic mass is 16.5. The third-order valence-corrected chi connectivity index (χ3v) is 7.51. The lowest BCUT2D eigenvalue weighted by molar-refractivity contribution is -0.134. The van der Waals surface area contributed by atoms with Gasteiger partial charge in [-0.05, 0) is 38.1 Å². The first kappa shape index (κ1) is 24.3. The molecule has 0 saturated carbocycles. The minimum absolute atomic E-state index is 0.174. The highest BCUT2D eigenvalue weighted by Gasteiger charge is 2.33. The zero-order valence-electron chi connectivity index (χ0n) is 22.0. The lowest BCUT2D eigenvalue weighted by Crippen LogP contribution is -2.59. The van der Waals surface area contributed by atoms with Crippen LogP contribution in [0.3, 0.4) is 0 Å². The first-order chi connectivity index (χ1) is 18.4. The van der Waals surface area contributed by atoms with E-state index in [2.05, 4.69) is 45.0 Å². The third-order valence-electron chi connectivity index (χ3n) is 7.51. The van der Waals surface area contributed by atoms with E-state index in [1.807, 2.05) is 52.0 Å². The Morgan fingerprint density at radius 1 is 1.08 bits per heavy atom. The Balaban J connectivity index is 1.08. The highest BCUT2D eigenvalue weighted by Crippen LogP contribution is 2.25. The second-order valence-electron chi connectivity index (χ2n) is 10.3. The molecule has 2 atom stereocenters. The molecule has 2 aliphatic rings. The van der Waals surface area contributed by atoms with Crippen molar-refractivity contribution in [3.8, 4) is 17.1 Å². The van der Waals surface area contributed by atoms with E-state index < -0.39 is 0 Å². The molecule has 0 aliphatic carbocycles. The summed E-state index contributed by atoms with van der Waals surface area (Å²) in [6, 6.07) is 14.5. The van der Waals surface area contributed by atoms with Gasteiger partial charge in [-0.1, -0.05) is 23.4 Å². The minimum atomic E-state index is 0.174.